The van der Waals surface area contributed by atoms with Gasteiger partial charge in [-0.2, -0.15) is 0 Å². The maximum Gasteiger partial charge on any atom is 0.192 e. The standard InChI is InChI=1S/C24H31Cl2NO3Si/c1-23(2,3)31(4,5)30-14-19-9-11-21(22(26)27-19)29-16-24(15-28)12-6-7-17-13-18(25)8-10-20(17)24/h8-11,13,15H,6-7,12,14,16H2,1-5H3/t24-/m0/s1. The first-order valence-electron chi connectivity index (χ1n) is 10.6. The number of hydrogen-bond acceptors (Lipinski definition) is 4. The van der Waals surface area contributed by atoms with Gasteiger partial charge in [-0.25, -0.2) is 4.98 Å². The number of aromatic nitrogens is 1. The molecular formula is C24H31Cl2NO3Si. The summed E-state index contributed by atoms with van der Waals surface area (Å²) in [6.07, 6.45) is 3.55. The first-order chi connectivity index (χ1) is 14.5. The topological polar surface area (TPSA) is 48.4 Å². The summed E-state index contributed by atoms with van der Waals surface area (Å²) in [5.74, 6) is 0.472. The Morgan fingerprint density at radius 1 is 1.19 bits per heavy atom. The molecule has 3 rings (SSSR count). The Morgan fingerprint density at radius 3 is 2.58 bits per heavy atom. The molecule has 0 N–H and O–H groups in total. The molecule has 7 heteroatoms. The van der Waals surface area contributed by atoms with Crippen LogP contribution in [0.25, 0.3) is 0 Å². The summed E-state index contributed by atoms with van der Waals surface area (Å²) < 4.78 is 12.3. The lowest BCUT2D eigenvalue weighted by Crippen LogP contribution is -2.40. The van der Waals surface area contributed by atoms with Crippen LogP contribution in [0.15, 0.2) is 30.3 Å². The molecule has 0 unspecified atom stereocenters. The minimum atomic E-state index is -1.87. The molecule has 168 valence electrons. The zero-order chi connectivity index (χ0) is 22.9. The lowest BCUT2D eigenvalue weighted by atomic mass is 9.71. The Kier molecular flexibility index (Phi) is 7.21. The van der Waals surface area contributed by atoms with Crippen LogP contribution in [0.3, 0.4) is 0 Å². The molecular weight excluding hydrogens is 449 g/mol. The number of fused-ring (bicyclic) bond motifs is 1. The summed E-state index contributed by atoms with van der Waals surface area (Å²) in [7, 11) is -1.87. The van der Waals surface area contributed by atoms with Gasteiger partial charge < -0.3 is 14.0 Å². The van der Waals surface area contributed by atoms with Gasteiger partial charge in [0.25, 0.3) is 0 Å². The van der Waals surface area contributed by atoms with Gasteiger partial charge in [0.1, 0.15) is 12.9 Å². The predicted molar refractivity (Wildman–Crippen MR) is 129 cm³/mol. The van der Waals surface area contributed by atoms with E-state index in [1.807, 2.05) is 30.3 Å². The van der Waals surface area contributed by atoms with Gasteiger partial charge in [-0.1, -0.05) is 50.0 Å². The summed E-state index contributed by atoms with van der Waals surface area (Å²) in [5.41, 5.74) is 2.16. The largest absolute Gasteiger partial charge is 0.489 e. The molecule has 0 amide bonds. The molecule has 4 nitrogen and oxygen atoms in total. The number of carbonyl (C=O) groups is 1. The van der Waals surface area contributed by atoms with E-state index in [0.717, 1.165) is 42.4 Å². The summed E-state index contributed by atoms with van der Waals surface area (Å²) in [6.45, 7) is 11.7. The second-order valence-electron chi connectivity index (χ2n) is 9.86. The minimum Gasteiger partial charge on any atom is -0.489 e. The number of nitrogens with zero attached hydrogens (tertiary/aromatic N) is 1. The molecule has 31 heavy (non-hydrogen) atoms. The molecule has 1 atom stereocenters. The van der Waals surface area contributed by atoms with Crippen molar-refractivity contribution in [2.24, 2.45) is 0 Å². The van der Waals surface area contributed by atoms with Crippen molar-refractivity contribution in [3.8, 4) is 5.75 Å². The molecule has 1 aromatic heterocycles. The average molecular weight is 481 g/mol. The van der Waals surface area contributed by atoms with Gasteiger partial charge in [0, 0.05) is 5.02 Å². The van der Waals surface area contributed by atoms with Crippen molar-refractivity contribution in [3.05, 3.63) is 57.3 Å². The minimum absolute atomic E-state index is 0.128. The first-order valence-corrected chi connectivity index (χ1v) is 14.3. The van der Waals surface area contributed by atoms with E-state index in [4.69, 9.17) is 32.4 Å². The van der Waals surface area contributed by atoms with Gasteiger partial charge in [-0.3, -0.25) is 0 Å². The van der Waals surface area contributed by atoms with Gasteiger partial charge in [-0.05, 0) is 72.8 Å². The second-order valence-corrected chi connectivity index (χ2v) is 15.5. The maximum absolute atomic E-state index is 12.2. The van der Waals surface area contributed by atoms with Crippen molar-refractivity contribution < 1.29 is 14.0 Å². The number of rotatable bonds is 7. The van der Waals surface area contributed by atoms with Gasteiger partial charge in [-0.15, -0.1) is 0 Å². The van der Waals surface area contributed by atoms with Crippen molar-refractivity contribution in [3.63, 3.8) is 0 Å². The summed E-state index contributed by atoms with van der Waals surface area (Å²) in [5, 5.41) is 1.09. The van der Waals surface area contributed by atoms with E-state index in [9.17, 15) is 4.79 Å². The van der Waals surface area contributed by atoms with Crippen LogP contribution < -0.4 is 4.74 Å². The number of aldehydes is 1. The third-order valence-electron chi connectivity index (χ3n) is 6.64. The molecule has 0 saturated carbocycles. The second kappa shape index (κ2) is 9.22. The van der Waals surface area contributed by atoms with E-state index in [1.54, 1.807) is 0 Å². The fourth-order valence-electron chi connectivity index (χ4n) is 3.61. The monoisotopic (exact) mass is 479 g/mol. The van der Waals surface area contributed by atoms with Crippen LogP contribution >= 0.6 is 23.2 Å². The predicted octanol–water partition coefficient (Wildman–Crippen LogP) is 6.76. The third-order valence-corrected chi connectivity index (χ3v) is 11.6. The third kappa shape index (κ3) is 5.33. The normalized spacial score (nSPS) is 19.1. The number of halogens is 2. The lowest BCUT2D eigenvalue weighted by Gasteiger charge is -2.36. The molecule has 0 spiro atoms. The SMILES string of the molecule is CC(C)(C)[Si](C)(C)OCc1ccc(OC[C@@]2(C=O)CCCc3cc(Cl)ccc32)c(Cl)n1. The fourth-order valence-corrected chi connectivity index (χ4v) is 4.98. The van der Waals surface area contributed by atoms with Crippen LogP contribution in [0.2, 0.25) is 28.3 Å². The average Bonchev–Trinajstić information content (AvgIpc) is 2.70. The molecule has 1 heterocycles. The van der Waals surface area contributed by atoms with E-state index in [-0.39, 0.29) is 16.8 Å². The van der Waals surface area contributed by atoms with Gasteiger partial charge >= 0.3 is 0 Å². The summed E-state index contributed by atoms with van der Waals surface area (Å²) in [6, 6.07) is 9.39. The smallest absolute Gasteiger partial charge is 0.192 e. The van der Waals surface area contributed by atoms with Crippen molar-refractivity contribution in [1.29, 1.82) is 0 Å². The number of hydrogen-bond donors (Lipinski definition) is 0. The molecule has 0 saturated heterocycles. The molecule has 1 aromatic carbocycles. The van der Waals surface area contributed by atoms with Crippen LogP contribution in [-0.4, -0.2) is 26.2 Å². The van der Waals surface area contributed by atoms with Crippen molar-refractivity contribution >= 4 is 37.8 Å². The molecule has 0 fully saturated rings. The zero-order valence-electron chi connectivity index (χ0n) is 18.9. The highest BCUT2D eigenvalue weighted by Crippen LogP contribution is 2.39. The van der Waals surface area contributed by atoms with Gasteiger partial charge in [0.15, 0.2) is 19.2 Å². The maximum atomic E-state index is 12.2. The molecule has 1 aliphatic carbocycles. The van der Waals surface area contributed by atoms with Crippen LogP contribution in [-0.2, 0) is 27.7 Å². The summed E-state index contributed by atoms with van der Waals surface area (Å²) in [4.78, 5) is 16.6. The molecule has 1 aliphatic rings. The Morgan fingerprint density at radius 2 is 1.94 bits per heavy atom. The Balaban J connectivity index is 1.72. The van der Waals surface area contributed by atoms with Gasteiger partial charge in [0.05, 0.1) is 17.7 Å². The van der Waals surface area contributed by atoms with Gasteiger partial charge in [0.2, 0.25) is 0 Å². The van der Waals surface area contributed by atoms with E-state index in [1.165, 1.54) is 0 Å². The summed E-state index contributed by atoms with van der Waals surface area (Å²) >= 11 is 12.6. The number of aryl methyl sites for hydroxylation is 1. The highest BCUT2D eigenvalue weighted by Gasteiger charge is 2.38. The fraction of sp³-hybridized carbons (Fsp3) is 0.500. The molecule has 0 radical (unpaired) electrons. The van der Waals surface area contributed by atoms with Crippen molar-refractivity contribution in [2.45, 2.75) is 70.2 Å². The Bertz CT molecular complexity index is 958. The number of benzene rings is 1. The number of pyridine rings is 1. The van der Waals surface area contributed by atoms with Crippen LogP contribution in [0.4, 0.5) is 0 Å². The first kappa shape index (κ1) is 24.2. The highest BCUT2D eigenvalue weighted by atomic mass is 35.5. The highest BCUT2D eigenvalue weighted by molar-refractivity contribution is 6.74. The van der Waals surface area contributed by atoms with Crippen LogP contribution in [0.5, 0.6) is 5.75 Å². The zero-order valence-corrected chi connectivity index (χ0v) is 21.4. The van der Waals surface area contributed by atoms with Crippen LogP contribution in [0.1, 0.15) is 50.4 Å². The quantitative estimate of drug-likeness (QED) is 0.250. The van der Waals surface area contributed by atoms with E-state index < -0.39 is 13.7 Å². The van der Waals surface area contributed by atoms with Crippen LogP contribution in [0, 0.1) is 0 Å². The number of carbonyl (C=O) groups excluding carboxylic acids is 1. The Hall–Kier alpha value is -1.40. The Labute approximate surface area is 196 Å². The van der Waals surface area contributed by atoms with Crippen molar-refractivity contribution in [2.75, 3.05) is 6.61 Å². The molecule has 0 bridgehead atoms. The van der Waals surface area contributed by atoms with E-state index in [0.29, 0.717) is 17.4 Å². The lowest BCUT2D eigenvalue weighted by molar-refractivity contribution is -0.114. The molecule has 2 aromatic rings. The van der Waals surface area contributed by atoms with E-state index in [2.05, 4.69) is 38.8 Å². The van der Waals surface area contributed by atoms with Crippen molar-refractivity contribution in [1.82, 2.24) is 4.98 Å². The van der Waals surface area contributed by atoms with E-state index >= 15 is 0 Å². The number of ether oxygens (including phenoxy) is 1. The molecule has 0 aliphatic heterocycles.